The lowest BCUT2D eigenvalue weighted by Crippen LogP contribution is -2.39. The molecule has 1 aromatic rings. The second-order valence-electron chi connectivity index (χ2n) is 5.22. The van der Waals surface area contributed by atoms with E-state index in [0.717, 1.165) is 18.2 Å². The van der Waals surface area contributed by atoms with Gasteiger partial charge in [0.15, 0.2) is 5.96 Å². The third-order valence-electron chi connectivity index (χ3n) is 3.12. The normalized spacial score (nSPS) is 12.5. The zero-order chi connectivity index (χ0) is 17.3. The van der Waals surface area contributed by atoms with Gasteiger partial charge in [-0.15, -0.1) is 0 Å². The van der Waals surface area contributed by atoms with Crippen molar-refractivity contribution in [3.05, 3.63) is 24.0 Å². The maximum Gasteiger partial charge on any atom is 0.411 e. The molecule has 0 aliphatic heterocycles. The van der Waals surface area contributed by atoms with Gasteiger partial charge in [0.1, 0.15) is 6.61 Å². The molecule has 0 aromatic carbocycles. The smallest absolute Gasteiger partial charge is 0.372 e. The number of nitrogens with zero attached hydrogens (tertiary/aromatic N) is 3. The Morgan fingerprint density at radius 2 is 2.17 bits per heavy atom. The number of hydrogen-bond donors (Lipinski definition) is 1. The quantitative estimate of drug-likeness (QED) is 0.451. The molecule has 0 atom stereocenters. The van der Waals surface area contributed by atoms with Crippen LogP contribution in [0.4, 0.5) is 13.2 Å². The number of aromatic nitrogens is 1. The molecule has 8 heteroatoms. The second-order valence-corrected chi connectivity index (χ2v) is 5.22. The standard InChI is InChI=1S/C15H25F3N4O/c1-4-19-14(20-8-6-10-23-12-15(16,17)18)22(3)11-13-7-5-9-21(13)2/h5,7,9H,4,6,8,10-12H2,1-3H3,(H,19,20). The van der Waals surface area contributed by atoms with Crippen LogP contribution >= 0.6 is 0 Å². The number of rotatable bonds is 8. The molecule has 5 nitrogen and oxygen atoms in total. The Balaban J connectivity index is 2.42. The van der Waals surface area contributed by atoms with Crippen molar-refractivity contribution in [2.24, 2.45) is 12.0 Å². The van der Waals surface area contributed by atoms with Crippen LogP contribution in [-0.2, 0) is 18.3 Å². The predicted molar refractivity (Wildman–Crippen MR) is 84.3 cm³/mol. The number of halogens is 3. The maximum atomic E-state index is 11.9. The van der Waals surface area contributed by atoms with Gasteiger partial charge < -0.3 is 19.5 Å². The SMILES string of the molecule is CCNC(=NCCCOCC(F)(F)F)N(C)Cc1cccn1C. The van der Waals surface area contributed by atoms with E-state index in [-0.39, 0.29) is 6.61 Å². The molecule has 0 aliphatic carbocycles. The van der Waals surface area contributed by atoms with Crippen LogP contribution in [0.3, 0.4) is 0 Å². The van der Waals surface area contributed by atoms with E-state index in [1.807, 2.05) is 48.8 Å². The molecular weight excluding hydrogens is 309 g/mol. The van der Waals surface area contributed by atoms with Gasteiger partial charge in [-0.05, 0) is 25.5 Å². The Labute approximate surface area is 135 Å². The number of ether oxygens (including phenoxy) is 1. The van der Waals surface area contributed by atoms with Gasteiger partial charge in [0.25, 0.3) is 0 Å². The van der Waals surface area contributed by atoms with E-state index in [4.69, 9.17) is 0 Å². The summed E-state index contributed by atoms with van der Waals surface area (Å²) in [6, 6.07) is 4.01. The Hall–Kier alpha value is -1.70. The summed E-state index contributed by atoms with van der Waals surface area (Å²) in [6.45, 7) is 2.64. The molecule has 0 bridgehead atoms. The fourth-order valence-electron chi connectivity index (χ4n) is 1.99. The summed E-state index contributed by atoms with van der Waals surface area (Å²) < 4.78 is 42.4. The first-order valence-electron chi connectivity index (χ1n) is 7.57. The molecular formula is C15H25F3N4O. The maximum absolute atomic E-state index is 11.9. The van der Waals surface area contributed by atoms with Gasteiger partial charge in [-0.3, -0.25) is 4.99 Å². The van der Waals surface area contributed by atoms with Crippen molar-refractivity contribution in [1.82, 2.24) is 14.8 Å². The van der Waals surface area contributed by atoms with Crippen molar-refractivity contribution < 1.29 is 17.9 Å². The highest BCUT2D eigenvalue weighted by atomic mass is 19.4. The Bertz CT molecular complexity index is 485. The van der Waals surface area contributed by atoms with Crippen molar-refractivity contribution in [3.63, 3.8) is 0 Å². The fourth-order valence-corrected chi connectivity index (χ4v) is 1.99. The van der Waals surface area contributed by atoms with Crippen molar-refractivity contribution in [3.8, 4) is 0 Å². The van der Waals surface area contributed by atoms with Crippen molar-refractivity contribution in [1.29, 1.82) is 0 Å². The van der Waals surface area contributed by atoms with Gasteiger partial charge in [0, 0.05) is 45.7 Å². The molecule has 0 spiro atoms. The lowest BCUT2D eigenvalue weighted by Gasteiger charge is -2.22. The Morgan fingerprint density at radius 3 is 2.74 bits per heavy atom. The monoisotopic (exact) mass is 334 g/mol. The number of alkyl halides is 3. The van der Waals surface area contributed by atoms with Gasteiger partial charge in [0.05, 0.1) is 6.54 Å². The molecule has 0 fully saturated rings. The van der Waals surface area contributed by atoms with Crippen LogP contribution in [0, 0.1) is 0 Å². The van der Waals surface area contributed by atoms with E-state index in [1.165, 1.54) is 0 Å². The first-order valence-corrected chi connectivity index (χ1v) is 7.57. The van der Waals surface area contributed by atoms with Crippen LogP contribution in [0.2, 0.25) is 0 Å². The lowest BCUT2D eigenvalue weighted by molar-refractivity contribution is -0.173. The van der Waals surface area contributed by atoms with E-state index in [0.29, 0.717) is 19.5 Å². The summed E-state index contributed by atoms with van der Waals surface area (Å²) in [5, 5.41) is 3.18. The van der Waals surface area contributed by atoms with Crippen LogP contribution in [0.25, 0.3) is 0 Å². The minimum atomic E-state index is -4.27. The lowest BCUT2D eigenvalue weighted by atomic mass is 10.4. The molecule has 132 valence electrons. The molecule has 1 N–H and O–H groups in total. The zero-order valence-electron chi connectivity index (χ0n) is 13.9. The zero-order valence-corrected chi connectivity index (χ0v) is 13.9. The fraction of sp³-hybridized carbons (Fsp3) is 0.667. The van der Waals surface area contributed by atoms with Crippen molar-refractivity contribution in [2.75, 3.05) is 33.4 Å². The van der Waals surface area contributed by atoms with Gasteiger partial charge in [-0.2, -0.15) is 13.2 Å². The molecule has 0 amide bonds. The summed E-state index contributed by atoms with van der Waals surface area (Å²) in [7, 11) is 3.90. The Morgan fingerprint density at radius 1 is 1.43 bits per heavy atom. The highest BCUT2D eigenvalue weighted by Crippen LogP contribution is 2.14. The highest BCUT2D eigenvalue weighted by Gasteiger charge is 2.27. The molecule has 23 heavy (non-hydrogen) atoms. The second kappa shape index (κ2) is 9.44. The first kappa shape index (κ1) is 19.3. The van der Waals surface area contributed by atoms with Gasteiger partial charge in [-0.25, -0.2) is 0 Å². The number of nitrogens with one attached hydrogen (secondary N) is 1. The molecule has 0 saturated heterocycles. The molecule has 1 aromatic heterocycles. The molecule has 0 saturated carbocycles. The third kappa shape index (κ3) is 7.92. The highest BCUT2D eigenvalue weighted by molar-refractivity contribution is 5.79. The average Bonchev–Trinajstić information content (AvgIpc) is 2.85. The topological polar surface area (TPSA) is 41.8 Å². The number of aryl methyl sites for hydroxylation is 1. The third-order valence-corrected chi connectivity index (χ3v) is 3.12. The van der Waals surface area contributed by atoms with Crippen LogP contribution in [0.1, 0.15) is 19.0 Å². The summed E-state index contributed by atoms with van der Waals surface area (Å²) in [6.07, 6.45) is -1.85. The number of guanidine groups is 1. The molecule has 1 heterocycles. The predicted octanol–water partition coefficient (Wildman–Crippen LogP) is 2.39. The van der Waals surface area contributed by atoms with E-state index in [9.17, 15) is 13.2 Å². The summed E-state index contributed by atoms with van der Waals surface area (Å²) in [5.74, 6) is 0.726. The van der Waals surface area contributed by atoms with E-state index in [1.54, 1.807) is 0 Å². The Kier molecular flexibility index (Phi) is 7.94. The van der Waals surface area contributed by atoms with Crippen molar-refractivity contribution >= 4 is 5.96 Å². The average molecular weight is 334 g/mol. The molecule has 0 aliphatic rings. The summed E-state index contributed by atoms with van der Waals surface area (Å²) >= 11 is 0. The van der Waals surface area contributed by atoms with E-state index < -0.39 is 12.8 Å². The van der Waals surface area contributed by atoms with Crippen LogP contribution in [-0.4, -0.2) is 55.0 Å². The van der Waals surface area contributed by atoms with Crippen LogP contribution in [0.5, 0.6) is 0 Å². The van der Waals surface area contributed by atoms with Gasteiger partial charge in [0.2, 0.25) is 0 Å². The van der Waals surface area contributed by atoms with Gasteiger partial charge >= 0.3 is 6.18 Å². The van der Waals surface area contributed by atoms with Crippen molar-refractivity contribution in [2.45, 2.75) is 26.1 Å². The van der Waals surface area contributed by atoms with Crippen LogP contribution in [0.15, 0.2) is 23.3 Å². The molecule has 1 rings (SSSR count). The summed E-state index contributed by atoms with van der Waals surface area (Å²) in [5.41, 5.74) is 1.15. The van der Waals surface area contributed by atoms with E-state index >= 15 is 0 Å². The van der Waals surface area contributed by atoms with Gasteiger partial charge in [-0.1, -0.05) is 0 Å². The number of aliphatic imine (C=N–C) groups is 1. The summed E-state index contributed by atoms with van der Waals surface area (Å²) in [4.78, 5) is 6.40. The van der Waals surface area contributed by atoms with Crippen LogP contribution < -0.4 is 5.32 Å². The minimum absolute atomic E-state index is 0.0456. The minimum Gasteiger partial charge on any atom is -0.372 e. The molecule has 0 radical (unpaired) electrons. The molecule has 0 unspecified atom stereocenters. The van der Waals surface area contributed by atoms with E-state index in [2.05, 4.69) is 15.0 Å². The largest absolute Gasteiger partial charge is 0.411 e. The first-order chi connectivity index (χ1) is 10.8. The number of hydrogen-bond acceptors (Lipinski definition) is 2.